The molecule has 0 atom stereocenters. The van der Waals surface area contributed by atoms with Gasteiger partial charge < -0.3 is 15.8 Å². The zero-order chi connectivity index (χ0) is 16.0. The second kappa shape index (κ2) is 8.35. The Kier molecular flexibility index (Phi) is 7.13. The number of rotatable bonds is 6. The Balaban J connectivity index is 2.71. The molecule has 0 radical (unpaired) electrons. The third-order valence-corrected chi connectivity index (χ3v) is 3.56. The van der Waals surface area contributed by atoms with Gasteiger partial charge in [0, 0.05) is 12.6 Å². The van der Waals surface area contributed by atoms with Crippen LogP contribution in [0.1, 0.15) is 19.4 Å². The summed E-state index contributed by atoms with van der Waals surface area (Å²) in [6.45, 7) is 4.55. The highest BCUT2D eigenvalue weighted by atomic mass is 79.9. The van der Waals surface area contributed by atoms with Crippen LogP contribution in [0, 0.1) is 0 Å². The number of carbonyl (C=O) groups is 2. The molecule has 0 aliphatic carbocycles. The van der Waals surface area contributed by atoms with Gasteiger partial charge >= 0.3 is 6.03 Å². The molecule has 1 rings (SSSR count). The first-order valence-corrected chi connectivity index (χ1v) is 7.81. The third-order valence-electron chi connectivity index (χ3n) is 2.38. The summed E-state index contributed by atoms with van der Waals surface area (Å²) in [5, 5.41) is 5.24. The maximum absolute atomic E-state index is 11.3. The normalized spacial score (nSPS) is 10.5. The lowest BCUT2D eigenvalue weighted by Crippen LogP contribution is -2.38. The third kappa shape index (κ3) is 6.45. The number of nitrogens with two attached hydrogens (primary N) is 1. The van der Waals surface area contributed by atoms with E-state index in [2.05, 4.69) is 51.0 Å². The monoisotopic (exact) mass is 421 g/mol. The maximum atomic E-state index is 11.3. The lowest BCUT2D eigenvalue weighted by Gasteiger charge is -2.13. The van der Waals surface area contributed by atoms with Gasteiger partial charge in [0.1, 0.15) is 5.75 Å². The van der Waals surface area contributed by atoms with Gasteiger partial charge in [0.25, 0.3) is 5.91 Å². The van der Waals surface area contributed by atoms with Gasteiger partial charge in [-0.3, -0.25) is 10.1 Å². The predicted molar refractivity (Wildman–Crippen MR) is 87.0 cm³/mol. The van der Waals surface area contributed by atoms with Crippen LogP contribution in [0.15, 0.2) is 21.1 Å². The molecule has 4 N–H and O–H groups in total. The van der Waals surface area contributed by atoms with Gasteiger partial charge in [-0.25, -0.2) is 4.79 Å². The Bertz CT molecular complexity index is 512. The average molecular weight is 423 g/mol. The van der Waals surface area contributed by atoms with E-state index in [4.69, 9.17) is 10.5 Å². The van der Waals surface area contributed by atoms with Crippen molar-refractivity contribution in [3.63, 3.8) is 0 Å². The number of primary amides is 1. The Hall–Kier alpha value is -1.12. The van der Waals surface area contributed by atoms with Gasteiger partial charge in [-0.05, 0) is 49.6 Å². The highest BCUT2D eigenvalue weighted by Crippen LogP contribution is 2.34. The molecule has 21 heavy (non-hydrogen) atoms. The van der Waals surface area contributed by atoms with Crippen molar-refractivity contribution in [2.75, 3.05) is 6.61 Å². The molecular formula is C13H17Br2N3O3. The van der Waals surface area contributed by atoms with Crippen LogP contribution in [0.25, 0.3) is 0 Å². The van der Waals surface area contributed by atoms with Crippen molar-refractivity contribution in [2.45, 2.75) is 26.4 Å². The van der Waals surface area contributed by atoms with E-state index < -0.39 is 11.9 Å². The number of amides is 3. The van der Waals surface area contributed by atoms with Crippen LogP contribution < -0.4 is 21.1 Å². The van der Waals surface area contributed by atoms with Gasteiger partial charge in [0.05, 0.1) is 8.95 Å². The number of ether oxygens (including phenoxy) is 1. The van der Waals surface area contributed by atoms with Gasteiger partial charge in [-0.1, -0.05) is 13.8 Å². The molecule has 0 aromatic heterocycles. The summed E-state index contributed by atoms with van der Waals surface area (Å²) < 4.78 is 6.80. The highest BCUT2D eigenvalue weighted by molar-refractivity contribution is 9.11. The lowest BCUT2D eigenvalue weighted by atomic mass is 10.2. The van der Waals surface area contributed by atoms with Crippen LogP contribution in [0.2, 0.25) is 0 Å². The topological polar surface area (TPSA) is 93.4 Å². The first-order chi connectivity index (χ1) is 9.79. The number of benzene rings is 1. The summed E-state index contributed by atoms with van der Waals surface area (Å²) in [5.74, 6) is -0.116. The zero-order valence-electron chi connectivity index (χ0n) is 11.7. The molecule has 1 aromatic rings. The molecule has 0 aliphatic rings. The number of imide groups is 1. The molecule has 0 fully saturated rings. The highest BCUT2D eigenvalue weighted by Gasteiger charge is 2.12. The molecule has 1 aromatic carbocycles. The van der Waals surface area contributed by atoms with Crippen molar-refractivity contribution in [2.24, 2.45) is 5.73 Å². The SMILES string of the molecule is CC(C)NCc1cc(Br)c(OCC(=O)NC(N)=O)c(Br)c1. The van der Waals surface area contributed by atoms with Crippen LogP contribution in [0.5, 0.6) is 5.75 Å². The van der Waals surface area contributed by atoms with Crippen molar-refractivity contribution in [1.29, 1.82) is 0 Å². The van der Waals surface area contributed by atoms with Crippen LogP contribution >= 0.6 is 31.9 Å². The molecule has 0 saturated carbocycles. The van der Waals surface area contributed by atoms with Crippen LogP contribution in [0.3, 0.4) is 0 Å². The van der Waals surface area contributed by atoms with E-state index in [1.807, 2.05) is 17.4 Å². The molecule has 116 valence electrons. The molecular weight excluding hydrogens is 406 g/mol. The van der Waals surface area contributed by atoms with Gasteiger partial charge in [-0.15, -0.1) is 0 Å². The Morgan fingerprint density at radius 1 is 1.29 bits per heavy atom. The number of urea groups is 1. The first kappa shape index (κ1) is 17.9. The summed E-state index contributed by atoms with van der Waals surface area (Å²) in [5.41, 5.74) is 5.91. The number of hydrogen-bond donors (Lipinski definition) is 3. The second-order valence-electron chi connectivity index (χ2n) is 4.63. The Morgan fingerprint density at radius 2 is 1.86 bits per heavy atom. The fraction of sp³-hybridized carbons (Fsp3) is 0.385. The molecule has 0 heterocycles. The van der Waals surface area contributed by atoms with E-state index in [0.29, 0.717) is 20.7 Å². The van der Waals surface area contributed by atoms with Gasteiger partial charge in [-0.2, -0.15) is 0 Å². The molecule has 0 unspecified atom stereocenters. The molecule has 0 bridgehead atoms. The average Bonchev–Trinajstić information content (AvgIpc) is 2.34. The van der Waals surface area contributed by atoms with Crippen LogP contribution in [-0.4, -0.2) is 24.6 Å². The summed E-state index contributed by atoms with van der Waals surface area (Å²) >= 11 is 6.80. The minimum atomic E-state index is -0.906. The van der Waals surface area contributed by atoms with E-state index in [0.717, 1.165) is 12.1 Å². The fourth-order valence-electron chi connectivity index (χ4n) is 1.49. The summed E-state index contributed by atoms with van der Waals surface area (Å²) in [4.78, 5) is 21.9. The molecule has 8 heteroatoms. The quantitative estimate of drug-likeness (QED) is 0.655. The molecule has 0 aliphatic heterocycles. The second-order valence-corrected chi connectivity index (χ2v) is 6.33. The summed E-state index contributed by atoms with van der Waals surface area (Å²) in [7, 11) is 0. The zero-order valence-corrected chi connectivity index (χ0v) is 14.9. The van der Waals surface area contributed by atoms with E-state index in [-0.39, 0.29) is 6.61 Å². The summed E-state index contributed by atoms with van der Waals surface area (Å²) in [6, 6.07) is 3.29. The molecule has 0 spiro atoms. The fourth-order valence-corrected chi connectivity index (χ4v) is 3.00. The largest absolute Gasteiger partial charge is 0.481 e. The lowest BCUT2D eigenvalue weighted by molar-refractivity contribution is -0.121. The van der Waals surface area contributed by atoms with E-state index >= 15 is 0 Å². The minimum absolute atomic E-state index is 0.302. The van der Waals surface area contributed by atoms with E-state index in [1.165, 1.54) is 0 Å². The van der Waals surface area contributed by atoms with Gasteiger partial charge in [0.2, 0.25) is 0 Å². The van der Waals surface area contributed by atoms with Gasteiger partial charge in [0.15, 0.2) is 6.61 Å². The van der Waals surface area contributed by atoms with Crippen LogP contribution in [-0.2, 0) is 11.3 Å². The van der Waals surface area contributed by atoms with E-state index in [1.54, 1.807) is 0 Å². The molecule has 3 amide bonds. The maximum Gasteiger partial charge on any atom is 0.318 e. The number of hydrogen-bond acceptors (Lipinski definition) is 4. The minimum Gasteiger partial charge on any atom is -0.481 e. The predicted octanol–water partition coefficient (Wildman–Crippen LogP) is 2.28. The van der Waals surface area contributed by atoms with Crippen LogP contribution in [0.4, 0.5) is 4.79 Å². The smallest absolute Gasteiger partial charge is 0.318 e. The van der Waals surface area contributed by atoms with Crippen molar-refractivity contribution in [1.82, 2.24) is 10.6 Å². The van der Waals surface area contributed by atoms with Crippen molar-refractivity contribution in [3.05, 3.63) is 26.6 Å². The summed E-state index contributed by atoms with van der Waals surface area (Å²) in [6.07, 6.45) is 0. The Morgan fingerprint density at radius 3 is 2.33 bits per heavy atom. The van der Waals surface area contributed by atoms with Crippen molar-refractivity contribution >= 4 is 43.8 Å². The van der Waals surface area contributed by atoms with E-state index in [9.17, 15) is 9.59 Å². The molecule has 0 saturated heterocycles. The molecule has 6 nitrogen and oxygen atoms in total. The van der Waals surface area contributed by atoms with Crippen molar-refractivity contribution in [3.8, 4) is 5.75 Å². The number of carbonyl (C=O) groups excluding carboxylic acids is 2. The standard InChI is InChI=1S/C13H17Br2N3O3/c1-7(2)17-5-8-3-9(14)12(10(15)4-8)21-6-11(19)18-13(16)20/h3-4,7,17H,5-6H2,1-2H3,(H3,16,18,19,20). The van der Waals surface area contributed by atoms with Crippen molar-refractivity contribution < 1.29 is 14.3 Å². The number of halogens is 2. The number of nitrogens with one attached hydrogen (secondary N) is 2. The first-order valence-electron chi connectivity index (χ1n) is 6.23. The Labute approximate surface area is 140 Å².